The summed E-state index contributed by atoms with van der Waals surface area (Å²) in [6.45, 7) is 5.79. The van der Waals surface area contributed by atoms with Crippen LogP contribution in [0.1, 0.15) is 37.0 Å². The zero-order valence-electron chi connectivity index (χ0n) is 17.5. The Morgan fingerprint density at radius 1 is 0.933 bits per heavy atom. The summed E-state index contributed by atoms with van der Waals surface area (Å²) in [7, 11) is 0. The van der Waals surface area contributed by atoms with Crippen molar-refractivity contribution in [2.24, 2.45) is 0 Å². The van der Waals surface area contributed by atoms with E-state index in [0.717, 1.165) is 22.4 Å². The highest BCUT2D eigenvalue weighted by Crippen LogP contribution is 2.20. The van der Waals surface area contributed by atoms with Crippen LogP contribution in [0.25, 0.3) is 0 Å². The zero-order chi connectivity index (χ0) is 21.2. The number of hydrogen-bond acceptors (Lipinski definition) is 5. The zero-order valence-corrected chi connectivity index (χ0v) is 17.5. The molecule has 0 atom stereocenters. The van der Waals surface area contributed by atoms with Crippen molar-refractivity contribution >= 4 is 5.97 Å². The molecule has 0 fully saturated rings. The van der Waals surface area contributed by atoms with Gasteiger partial charge in [-0.05, 0) is 43.5 Å². The molecule has 3 rings (SSSR count). The molecule has 0 radical (unpaired) electrons. The van der Waals surface area contributed by atoms with Crippen LogP contribution in [0.15, 0.2) is 60.8 Å². The average molecular weight is 408 g/mol. The summed E-state index contributed by atoms with van der Waals surface area (Å²) in [5.74, 6) is 1.19. The molecule has 0 bridgehead atoms. The van der Waals surface area contributed by atoms with Gasteiger partial charge in [-0.1, -0.05) is 42.5 Å². The highest BCUT2D eigenvalue weighted by atomic mass is 16.5. The number of hydrogen-bond donors (Lipinski definition) is 0. The fourth-order valence-electron chi connectivity index (χ4n) is 3.04. The molecule has 1 aromatic heterocycles. The first kappa shape index (κ1) is 21.4. The number of carbonyl (C=O) groups is 1. The minimum atomic E-state index is -0.209. The molecule has 0 spiro atoms. The van der Waals surface area contributed by atoms with Gasteiger partial charge in [0.25, 0.3) is 0 Å². The molecule has 0 unspecified atom stereocenters. The fourth-order valence-corrected chi connectivity index (χ4v) is 3.04. The third-order valence-electron chi connectivity index (χ3n) is 4.50. The van der Waals surface area contributed by atoms with Crippen molar-refractivity contribution in [2.75, 3.05) is 13.2 Å². The van der Waals surface area contributed by atoms with Gasteiger partial charge in [0.05, 0.1) is 19.8 Å². The molecule has 30 heavy (non-hydrogen) atoms. The number of benzene rings is 2. The van der Waals surface area contributed by atoms with E-state index < -0.39 is 0 Å². The Hall–Kier alpha value is -3.28. The Kier molecular flexibility index (Phi) is 7.89. The normalized spacial score (nSPS) is 10.6. The lowest BCUT2D eigenvalue weighted by Gasteiger charge is -2.07. The summed E-state index contributed by atoms with van der Waals surface area (Å²) in [6.07, 6.45) is 2.79. The number of nitrogens with zero attached hydrogens (tertiary/aromatic N) is 2. The summed E-state index contributed by atoms with van der Waals surface area (Å²) in [6, 6.07) is 18.1. The number of rotatable bonds is 11. The first-order valence-corrected chi connectivity index (χ1v) is 10.3. The van der Waals surface area contributed by atoms with E-state index in [1.165, 1.54) is 0 Å². The molecule has 1 heterocycles. The van der Waals surface area contributed by atoms with Crippen LogP contribution >= 0.6 is 0 Å². The molecule has 0 saturated heterocycles. The summed E-state index contributed by atoms with van der Waals surface area (Å²) >= 11 is 0. The molecule has 0 aliphatic heterocycles. The minimum absolute atomic E-state index is 0.209. The van der Waals surface area contributed by atoms with Gasteiger partial charge >= 0.3 is 5.97 Å². The van der Waals surface area contributed by atoms with E-state index in [1.807, 2.05) is 72.4 Å². The van der Waals surface area contributed by atoms with E-state index in [1.54, 1.807) is 6.92 Å². The van der Waals surface area contributed by atoms with Gasteiger partial charge in [0.2, 0.25) is 5.88 Å². The maximum absolute atomic E-state index is 11.7. The predicted molar refractivity (Wildman–Crippen MR) is 115 cm³/mol. The van der Waals surface area contributed by atoms with E-state index in [-0.39, 0.29) is 5.97 Å². The second-order valence-corrected chi connectivity index (χ2v) is 6.81. The molecule has 158 valence electrons. The Labute approximate surface area is 177 Å². The monoisotopic (exact) mass is 408 g/mol. The summed E-state index contributed by atoms with van der Waals surface area (Å²) in [5.41, 5.74) is 3.15. The molecule has 0 aliphatic carbocycles. The number of ether oxygens (including phenoxy) is 3. The van der Waals surface area contributed by atoms with Gasteiger partial charge in [0.15, 0.2) is 0 Å². The second kappa shape index (κ2) is 11.0. The smallest absolute Gasteiger partial charge is 0.306 e. The van der Waals surface area contributed by atoms with Crippen molar-refractivity contribution in [3.8, 4) is 11.6 Å². The van der Waals surface area contributed by atoms with Crippen molar-refractivity contribution in [1.82, 2.24) is 9.78 Å². The third-order valence-corrected chi connectivity index (χ3v) is 4.50. The van der Waals surface area contributed by atoms with Crippen LogP contribution in [-0.2, 0) is 29.1 Å². The van der Waals surface area contributed by atoms with Crippen LogP contribution in [0, 0.1) is 0 Å². The van der Waals surface area contributed by atoms with Crippen LogP contribution in [0.5, 0.6) is 11.6 Å². The lowest BCUT2D eigenvalue weighted by molar-refractivity contribution is -0.143. The quantitative estimate of drug-likeness (QED) is 0.440. The molecule has 0 saturated carbocycles. The topological polar surface area (TPSA) is 62.6 Å². The lowest BCUT2D eigenvalue weighted by Crippen LogP contribution is -2.05. The van der Waals surface area contributed by atoms with Gasteiger partial charge in [-0.25, -0.2) is 0 Å². The molecular weight excluding hydrogens is 380 g/mol. The Morgan fingerprint density at radius 3 is 2.40 bits per heavy atom. The maximum atomic E-state index is 11.7. The molecule has 0 N–H and O–H groups in total. The minimum Gasteiger partial charge on any atom is -0.489 e. The number of aryl methyl sites for hydroxylation is 1. The fraction of sp³-hybridized carbons (Fsp3) is 0.333. The van der Waals surface area contributed by atoms with Gasteiger partial charge in [-0.3, -0.25) is 9.48 Å². The molecule has 0 aliphatic rings. The number of aromatic nitrogens is 2. The van der Waals surface area contributed by atoms with Crippen molar-refractivity contribution in [3.63, 3.8) is 0 Å². The second-order valence-electron chi connectivity index (χ2n) is 6.81. The van der Waals surface area contributed by atoms with E-state index >= 15 is 0 Å². The highest BCUT2D eigenvalue weighted by Gasteiger charge is 2.13. The van der Waals surface area contributed by atoms with Crippen molar-refractivity contribution in [2.45, 2.75) is 39.8 Å². The summed E-state index contributed by atoms with van der Waals surface area (Å²) in [4.78, 5) is 11.7. The first-order valence-electron chi connectivity index (χ1n) is 10.3. The van der Waals surface area contributed by atoms with Gasteiger partial charge in [0.1, 0.15) is 12.4 Å². The average Bonchev–Trinajstić information content (AvgIpc) is 3.14. The van der Waals surface area contributed by atoms with E-state index in [9.17, 15) is 4.79 Å². The van der Waals surface area contributed by atoms with Crippen LogP contribution in [0.2, 0.25) is 0 Å². The predicted octanol–water partition coefficient (Wildman–Crippen LogP) is 4.40. The van der Waals surface area contributed by atoms with Crippen molar-refractivity contribution in [1.29, 1.82) is 0 Å². The molecule has 3 aromatic rings. The first-order chi connectivity index (χ1) is 14.7. The van der Waals surface area contributed by atoms with E-state index in [4.69, 9.17) is 14.2 Å². The maximum Gasteiger partial charge on any atom is 0.306 e. The van der Waals surface area contributed by atoms with Crippen molar-refractivity contribution < 1.29 is 19.0 Å². The molecule has 6 heteroatoms. The lowest BCUT2D eigenvalue weighted by atomic mass is 10.2. The van der Waals surface area contributed by atoms with Gasteiger partial charge in [0, 0.05) is 18.2 Å². The third kappa shape index (κ3) is 6.37. The Balaban J connectivity index is 1.59. The summed E-state index contributed by atoms with van der Waals surface area (Å²) < 4.78 is 18.3. The summed E-state index contributed by atoms with van der Waals surface area (Å²) in [5, 5.41) is 4.53. The van der Waals surface area contributed by atoms with Crippen molar-refractivity contribution in [3.05, 3.63) is 77.5 Å². The highest BCUT2D eigenvalue weighted by molar-refractivity contribution is 5.69. The van der Waals surface area contributed by atoms with E-state index in [0.29, 0.717) is 45.1 Å². The van der Waals surface area contributed by atoms with Crippen LogP contribution in [0.4, 0.5) is 0 Å². The molecular formula is C24H28N2O4. The van der Waals surface area contributed by atoms with Gasteiger partial charge < -0.3 is 14.2 Å². The Morgan fingerprint density at radius 2 is 1.70 bits per heavy atom. The van der Waals surface area contributed by atoms with Gasteiger partial charge in [-0.15, -0.1) is 5.10 Å². The molecule has 2 aromatic carbocycles. The molecule has 6 nitrogen and oxygen atoms in total. The van der Waals surface area contributed by atoms with E-state index in [2.05, 4.69) is 5.10 Å². The molecule has 0 amide bonds. The Bertz CT molecular complexity index is 920. The van der Waals surface area contributed by atoms with Crippen LogP contribution in [-0.4, -0.2) is 29.0 Å². The van der Waals surface area contributed by atoms with Crippen LogP contribution < -0.4 is 9.47 Å². The largest absolute Gasteiger partial charge is 0.489 e. The SMILES string of the molecule is CCOC(=O)CCc1cn(Cc2ccc(OCc3ccccc3)cc2)nc1OCC. The number of esters is 1. The van der Waals surface area contributed by atoms with Crippen LogP contribution in [0.3, 0.4) is 0 Å². The standard InChI is InChI=1S/C24H28N2O4/c1-3-28-23(27)15-12-21-17-26(25-24(21)29-4-2)16-19-10-13-22(14-11-19)30-18-20-8-6-5-7-9-20/h5-11,13-14,17H,3-4,12,15-16,18H2,1-2H3. The van der Waals surface area contributed by atoms with Gasteiger partial charge in [-0.2, -0.15) is 0 Å². The number of carbonyl (C=O) groups excluding carboxylic acids is 1.